The molecule has 0 fully saturated rings. The van der Waals surface area contributed by atoms with Crippen molar-refractivity contribution in [2.75, 3.05) is 6.61 Å². The van der Waals surface area contributed by atoms with Crippen LogP contribution in [0, 0.1) is 0 Å². The van der Waals surface area contributed by atoms with Gasteiger partial charge in [-0.05, 0) is 55.8 Å². The van der Waals surface area contributed by atoms with Gasteiger partial charge < -0.3 is 20.1 Å². The van der Waals surface area contributed by atoms with Crippen molar-refractivity contribution in [3.8, 4) is 11.1 Å². The van der Waals surface area contributed by atoms with E-state index in [1.54, 1.807) is 0 Å². The van der Waals surface area contributed by atoms with E-state index >= 15 is 0 Å². The molecule has 1 aliphatic rings. The average Bonchev–Trinajstić information content (AvgIpc) is 3.46. The van der Waals surface area contributed by atoms with Crippen molar-refractivity contribution in [1.82, 2.24) is 10.3 Å². The molecule has 6 heteroatoms. The molecule has 0 aliphatic heterocycles. The third-order valence-corrected chi connectivity index (χ3v) is 8.78. The Hall–Kier alpha value is -4.06. The number of amides is 1. The average molecular weight is 595 g/mol. The van der Waals surface area contributed by atoms with Gasteiger partial charge in [0, 0.05) is 34.4 Å². The Kier molecular flexibility index (Phi) is 7.94. The predicted octanol–water partition coefficient (Wildman–Crippen LogP) is 8.59. The lowest BCUT2D eigenvalue weighted by atomic mass is 9.78. The van der Waals surface area contributed by atoms with Gasteiger partial charge in [-0.15, -0.1) is 0 Å². The van der Waals surface area contributed by atoms with Gasteiger partial charge in [0.1, 0.15) is 12.6 Å². The van der Waals surface area contributed by atoms with E-state index in [9.17, 15) is 14.7 Å². The van der Waals surface area contributed by atoms with Crippen LogP contribution in [0.15, 0.2) is 60.7 Å². The number of carbonyl (C=O) groups excluding carboxylic acids is 1. The highest BCUT2D eigenvalue weighted by Crippen LogP contribution is 2.45. The molecule has 5 rings (SSSR count). The molecule has 1 heterocycles. The maximum absolute atomic E-state index is 13.2. The van der Waals surface area contributed by atoms with E-state index in [1.165, 1.54) is 11.1 Å². The van der Waals surface area contributed by atoms with E-state index < -0.39 is 18.1 Å². The van der Waals surface area contributed by atoms with Crippen molar-refractivity contribution < 1.29 is 19.4 Å². The summed E-state index contributed by atoms with van der Waals surface area (Å²) >= 11 is 0. The molecular weight excluding hydrogens is 548 g/mol. The van der Waals surface area contributed by atoms with Crippen molar-refractivity contribution in [3.63, 3.8) is 0 Å². The highest BCUT2D eigenvalue weighted by Gasteiger charge is 2.33. The molecule has 1 atom stereocenters. The first-order chi connectivity index (χ1) is 20.5. The van der Waals surface area contributed by atoms with E-state index in [0.29, 0.717) is 0 Å². The smallest absolute Gasteiger partial charge is 0.407 e. The predicted molar refractivity (Wildman–Crippen MR) is 178 cm³/mol. The number of carboxylic acid groups (broad SMARTS) is 1. The maximum atomic E-state index is 13.2. The number of rotatable bonds is 6. The van der Waals surface area contributed by atoms with Crippen LogP contribution in [0.4, 0.5) is 4.79 Å². The second-order valence-electron chi connectivity index (χ2n) is 15.2. The molecular formula is C38H46N2O4. The van der Waals surface area contributed by atoms with Gasteiger partial charge in [-0.25, -0.2) is 9.59 Å². The molecule has 0 radical (unpaired) electrons. The normalized spacial score (nSPS) is 14.3. The number of aromatic amines is 1. The number of aromatic nitrogens is 1. The zero-order valence-corrected chi connectivity index (χ0v) is 27.5. The van der Waals surface area contributed by atoms with Crippen molar-refractivity contribution in [2.24, 2.45) is 0 Å². The molecule has 0 bridgehead atoms. The number of hydrogen-bond acceptors (Lipinski definition) is 3. The summed E-state index contributed by atoms with van der Waals surface area (Å²) in [6.07, 6.45) is -0.606. The second-order valence-corrected chi connectivity index (χ2v) is 15.2. The lowest BCUT2D eigenvalue weighted by Gasteiger charge is -2.26. The van der Waals surface area contributed by atoms with E-state index in [4.69, 9.17) is 4.74 Å². The second kappa shape index (κ2) is 11.1. The highest BCUT2D eigenvalue weighted by molar-refractivity contribution is 5.91. The van der Waals surface area contributed by atoms with Crippen LogP contribution in [0.3, 0.4) is 0 Å². The minimum absolute atomic E-state index is 0.101. The Labute approximate surface area is 261 Å². The minimum atomic E-state index is -1.16. The third kappa shape index (κ3) is 5.99. The summed E-state index contributed by atoms with van der Waals surface area (Å²) in [6, 6.07) is 19.6. The van der Waals surface area contributed by atoms with Gasteiger partial charge in [-0.2, -0.15) is 0 Å². The minimum Gasteiger partial charge on any atom is -0.480 e. The standard InChI is InChI=1S/C38H46N2O4/c1-36(2,3)22-18-27-28(33(38(7,8)9)40-32(27)30(19-22)37(4,5)6)20-31(34(41)42)39-35(43)44-21-29-25-16-12-10-14-23(25)24-15-11-13-17-26(24)29/h10-19,29,31,40H,20-21H2,1-9H3,(H,39,43)(H,41,42)/t31-/m0/s1. The molecule has 1 aromatic heterocycles. The molecule has 1 amide bonds. The lowest BCUT2D eigenvalue weighted by Crippen LogP contribution is -2.43. The van der Waals surface area contributed by atoms with E-state index in [1.807, 2.05) is 24.3 Å². The van der Waals surface area contributed by atoms with Crippen LogP contribution in [-0.2, 0) is 32.2 Å². The lowest BCUT2D eigenvalue weighted by molar-refractivity contribution is -0.139. The quantitative estimate of drug-likeness (QED) is 0.208. The van der Waals surface area contributed by atoms with E-state index in [0.717, 1.165) is 44.4 Å². The van der Waals surface area contributed by atoms with E-state index in [2.05, 4.69) is 109 Å². The monoisotopic (exact) mass is 594 g/mol. The largest absolute Gasteiger partial charge is 0.480 e. The van der Waals surface area contributed by atoms with Gasteiger partial charge in [-0.3, -0.25) is 0 Å². The maximum Gasteiger partial charge on any atom is 0.407 e. The van der Waals surface area contributed by atoms with Crippen LogP contribution in [0.1, 0.15) is 102 Å². The zero-order valence-electron chi connectivity index (χ0n) is 27.5. The molecule has 44 heavy (non-hydrogen) atoms. The van der Waals surface area contributed by atoms with Crippen LogP contribution in [0.2, 0.25) is 0 Å². The summed E-state index contributed by atoms with van der Waals surface area (Å²) in [6.45, 7) is 19.7. The summed E-state index contributed by atoms with van der Waals surface area (Å²) < 4.78 is 5.73. The molecule has 1 aliphatic carbocycles. The van der Waals surface area contributed by atoms with Crippen molar-refractivity contribution >= 4 is 23.0 Å². The fourth-order valence-electron chi connectivity index (χ4n) is 6.41. The summed E-state index contributed by atoms with van der Waals surface area (Å²) in [4.78, 5) is 29.5. The van der Waals surface area contributed by atoms with Crippen molar-refractivity contribution in [2.45, 2.75) is 96.9 Å². The first-order valence-corrected chi connectivity index (χ1v) is 15.5. The number of hydrogen-bond donors (Lipinski definition) is 3. The third-order valence-electron chi connectivity index (χ3n) is 8.78. The number of fused-ring (bicyclic) bond motifs is 4. The van der Waals surface area contributed by atoms with Crippen LogP contribution in [0.25, 0.3) is 22.0 Å². The van der Waals surface area contributed by atoms with Crippen LogP contribution in [-0.4, -0.2) is 34.8 Å². The first-order valence-electron chi connectivity index (χ1n) is 15.5. The number of alkyl carbamates (subject to hydrolysis) is 1. The van der Waals surface area contributed by atoms with Gasteiger partial charge in [0.15, 0.2) is 0 Å². The number of nitrogens with one attached hydrogen (secondary N) is 2. The zero-order chi connectivity index (χ0) is 32.2. The van der Waals surface area contributed by atoms with Crippen molar-refractivity contribution in [3.05, 3.63) is 94.2 Å². The summed E-state index contributed by atoms with van der Waals surface area (Å²) in [5, 5.41) is 14.0. The molecule has 6 nitrogen and oxygen atoms in total. The Morgan fingerprint density at radius 3 is 1.91 bits per heavy atom. The molecule has 0 saturated heterocycles. The Morgan fingerprint density at radius 1 is 0.841 bits per heavy atom. The number of H-pyrrole nitrogens is 1. The van der Waals surface area contributed by atoms with E-state index in [-0.39, 0.29) is 35.2 Å². The Morgan fingerprint density at radius 2 is 1.41 bits per heavy atom. The van der Waals surface area contributed by atoms with Crippen LogP contribution in [0.5, 0.6) is 0 Å². The number of ether oxygens (including phenoxy) is 1. The van der Waals surface area contributed by atoms with Gasteiger partial charge >= 0.3 is 12.1 Å². The Bertz CT molecular complexity index is 1680. The molecule has 3 N–H and O–H groups in total. The molecule has 0 saturated carbocycles. The van der Waals surface area contributed by atoms with Gasteiger partial charge in [0.2, 0.25) is 0 Å². The summed E-state index contributed by atoms with van der Waals surface area (Å²) in [5.74, 6) is -1.21. The summed E-state index contributed by atoms with van der Waals surface area (Å²) in [7, 11) is 0. The fraction of sp³-hybridized carbons (Fsp3) is 0.421. The van der Waals surface area contributed by atoms with Gasteiger partial charge in [0.05, 0.1) is 0 Å². The number of carbonyl (C=O) groups is 2. The number of carboxylic acids is 1. The van der Waals surface area contributed by atoms with Crippen LogP contribution < -0.4 is 5.32 Å². The molecule has 4 aromatic rings. The van der Waals surface area contributed by atoms with Gasteiger partial charge in [0.25, 0.3) is 0 Å². The van der Waals surface area contributed by atoms with Gasteiger partial charge in [-0.1, -0.05) is 117 Å². The van der Waals surface area contributed by atoms with Crippen LogP contribution >= 0.6 is 0 Å². The fourth-order valence-corrected chi connectivity index (χ4v) is 6.41. The first kappa shape index (κ1) is 31.4. The molecule has 0 unspecified atom stereocenters. The Balaban J connectivity index is 1.46. The molecule has 0 spiro atoms. The van der Waals surface area contributed by atoms with Crippen molar-refractivity contribution in [1.29, 1.82) is 0 Å². The summed E-state index contributed by atoms with van der Waals surface area (Å²) in [5.41, 5.74) is 9.26. The topological polar surface area (TPSA) is 91.4 Å². The number of aliphatic carboxylic acids is 1. The molecule has 3 aromatic carbocycles. The highest BCUT2D eigenvalue weighted by atomic mass is 16.5. The number of benzene rings is 3. The SMILES string of the molecule is CC(C)(C)c1cc(C(C)(C)C)c2[nH]c(C(C)(C)C)c(C[C@H](NC(=O)OCC3c4ccccc4-c4ccccc43)C(=O)O)c2c1. The molecule has 232 valence electrons.